The molecule has 1 aromatic carbocycles. The van der Waals surface area contributed by atoms with Gasteiger partial charge in [0.2, 0.25) is 0 Å². The third kappa shape index (κ3) is 3.59. The first kappa shape index (κ1) is 19.5. The molecule has 0 fully saturated rings. The van der Waals surface area contributed by atoms with E-state index in [1.807, 2.05) is 0 Å². The zero-order chi connectivity index (χ0) is 21.4. The number of hydrogen-bond acceptors (Lipinski definition) is 4. The van der Waals surface area contributed by atoms with Crippen LogP contribution in [0.1, 0.15) is 17.8 Å². The predicted octanol–water partition coefficient (Wildman–Crippen LogP) is 4.24. The fraction of sp³-hybridized carbons (Fsp3) is 0.150. The third-order valence-electron chi connectivity index (χ3n) is 4.50. The summed E-state index contributed by atoms with van der Waals surface area (Å²) in [6, 6.07) is 10.3. The number of rotatable bonds is 3. The standard InChI is InChI=1S/C20H18F3N7/c1-11-9-15(19(22)23)30(27-11)17-10-16(24)26-20-14(7-8-25-17)18(28-29(20)2)12-3-5-13(21)6-4-12/h3-10,19,26H,24H2,1-2H3. The topological polar surface area (TPSA) is 90.3 Å². The van der Waals surface area contributed by atoms with E-state index in [1.54, 1.807) is 36.9 Å². The number of aromatic nitrogens is 6. The predicted molar refractivity (Wildman–Crippen MR) is 107 cm³/mol. The second-order valence-electron chi connectivity index (χ2n) is 6.69. The van der Waals surface area contributed by atoms with Crippen molar-refractivity contribution in [3.8, 4) is 17.1 Å². The van der Waals surface area contributed by atoms with Crippen LogP contribution in [0, 0.1) is 12.7 Å². The highest BCUT2D eigenvalue weighted by atomic mass is 19.3. The van der Waals surface area contributed by atoms with Gasteiger partial charge < -0.3 is 10.7 Å². The van der Waals surface area contributed by atoms with Crippen molar-refractivity contribution in [1.82, 2.24) is 29.5 Å². The third-order valence-corrected chi connectivity index (χ3v) is 4.50. The van der Waals surface area contributed by atoms with E-state index in [9.17, 15) is 13.2 Å². The van der Waals surface area contributed by atoms with Crippen LogP contribution < -0.4 is 5.73 Å². The number of alkyl halides is 2. The number of nitrogens with one attached hydrogen (secondary N) is 1. The van der Waals surface area contributed by atoms with Crippen molar-refractivity contribution < 1.29 is 13.2 Å². The molecule has 0 saturated heterocycles. The van der Waals surface area contributed by atoms with E-state index < -0.39 is 6.43 Å². The van der Waals surface area contributed by atoms with Crippen LogP contribution in [0.25, 0.3) is 28.1 Å². The summed E-state index contributed by atoms with van der Waals surface area (Å²) in [5.41, 5.74) is 8.12. The molecule has 0 bridgehead atoms. The van der Waals surface area contributed by atoms with Crippen LogP contribution in [0.2, 0.25) is 0 Å². The summed E-state index contributed by atoms with van der Waals surface area (Å²) in [4.78, 5) is 7.32. The van der Waals surface area contributed by atoms with E-state index in [4.69, 9.17) is 5.73 Å². The summed E-state index contributed by atoms with van der Waals surface area (Å²) in [7, 11) is 1.73. The molecule has 4 rings (SSSR count). The van der Waals surface area contributed by atoms with Gasteiger partial charge in [0.15, 0.2) is 5.82 Å². The molecule has 0 unspecified atom stereocenters. The van der Waals surface area contributed by atoms with E-state index >= 15 is 0 Å². The molecule has 10 heteroatoms. The Balaban J connectivity index is 1.95. The zero-order valence-electron chi connectivity index (χ0n) is 16.1. The Hall–Kier alpha value is -3.82. The van der Waals surface area contributed by atoms with Crippen LogP contribution in [0.15, 0.2) is 48.7 Å². The first-order chi connectivity index (χ1) is 14.3. The summed E-state index contributed by atoms with van der Waals surface area (Å²) in [6.45, 7) is 1.62. The number of anilines is 1. The summed E-state index contributed by atoms with van der Waals surface area (Å²) >= 11 is 0. The van der Waals surface area contributed by atoms with E-state index in [0.29, 0.717) is 28.0 Å². The highest BCUT2D eigenvalue weighted by Crippen LogP contribution is 2.27. The van der Waals surface area contributed by atoms with Gasteiger partial charge in [-0.1, -0.05) is 0 Å². The lowest BCUT2D eigenvalue weighted by Gasteiger charge is -2.04. The van der Waals surface area contributed by atoms with E-state index in [1.165, 1.54) is 30.5 Å². The van der Waals surface area contributed by atoms with Gasteiger partial charge >= 0.3 is 0 Å². The quantitative estimate of drug-likeness (QED) is 0.526. The molecular weight excluding hydrogens is 395 g/mol. The molecule has 3 N–H and O–H groups in total. The molecule has 0 aliphatic carbocycles. The molecule has 7 nitrogen and oxygen atoms in total. The Bertz CT molecular complexity index is 1270. The number of nitrogens with zero attached hydrogens (tertiary/aromatic N) is 5. The minimum Gasteiger partial charge on any atom is -0.385 e. The van der Waals surface area contributed by atoms with E-state index in [-0.39, 0.29) is 23.1 Å². The van der Waals surface area contributed by atoms with Crippen molar-refractivity contribution in [2.24, 2.45) is 7.05 Å². The fourth-order valence-electron chi connectivity index (χ4n) is 3.18. The first-order valence-electron chi connectivity index (χ1n) is 9.00. The lowest BCUT2D eigenvalue weighted by Crippen LogP contribution is -2.04. The fourth-order valence-corrected chi connectivity index (χ4v) is 3.18. The van der Waals surface area contributed by atoms with Crippen molar-refractivity contribution in [2.45, 2.75) is 13.3 Å². The number of benzene rings is 1. The smallest absolute Gasteiger partial charge is 0.280 e. The average molecular weight is 413 g/mol. The molecule has 154 valence electrons. The molecule has 0 amide bonds. The van der Waals surface area contributed by atoms with Gasteiger partial charge in [0, 0.05) is 30.3 Å². The Morgan fingerprint density at radius 2 is 1.80 bits per heavy atom. The monoisotopic (exact) mass is 413 g/mol. The largest absolute Gasteiger partial charge is 0.385 e. The normalized spacial score (nSPS) is 11.3. The number of nitrogen functional groups attached to an aromatic ring is 1. The van der Waals surface area contributed by atoms with Crippen LogP contribution in [0.5, 0.6) is 0 Å². The highest BCUT2D eigenvalue weighted by Gasteiger charge is 2.17. The Morgan fingerprint density at radius 3 is 2.50 bits per heavy atom. The average Bonchev–Trinajstić information content (AvgIpc) is 3.24. The minimum absolute atomic E-state index is 0.128. The lowest BCUT2D eigenvalue weighted by atomic mass is 10.1. The highest BCUT2D eigenvalue weighted by molar-refractivity contribution is 5.90. The van der Waals surface area contributed by atoms with Gasteiger partial charge in [-0.15, -0.1) is 0 Å². The van der Waals surface area contributed by atoms with Crippen molar-refractivity contribution in [2.75, 3.05) is 5.73 Å². The van der Waals surface area contributed by atoms with E-state index in [2.05, 4.69) is 20.2 Å². The van der Waals surface area contributed by atoms with Crippen LogP contribution in [-0.2, 0) is 7.05 Å². The molecule has 30 heavy (non-hydrogen) atoms. The maximum absolute atomic E-state index is 13.4. The maximum Gasteiger partial charge on any atom is 0.280 e. The molecule has 3 aromatic heterocycles. The molecule has 0 atom stereocenters. The summed E-state index contributed by atoms with van der Waals surface area (Å²) < 4.78 is 42.8. The Kier molecular flexibility index (Phi) is 4.90. The molecular formula is C20H18F3N7. The van der Waals surface area contributed by atoms with Crippen molar-refractivity contribution in [1.29, 1.82) is 0 Å². The summed E-state index contributed by atoms with van der Waals surface area (Å²) in [6.07, 6.45) is -1.26. The lowest BCUT2D eigenvalue weighted by molar-refractivity contribution is 0.142. The number of aromatic amines is 1. The Morgan fingerprint density at radius 1 is 1.07 bits per heavy atom. The summed E-state index contributed by atoms with van der Waals surface area (Å²) in [5, 5.41) is 9.27. The number of halogens is 3. The van der Waals surface area contributed by atoms with Crippen LogP contribution in [0.3, 0.4) is 0 Å². The van der Waals surface area contributed by atoms with Gasteiger partial charge in [-0.3, -0.25) is 4.68 Å². The molecule has 0 aliphatic rings. The molecule has 3 heterocycles. The van der Waals surface area contributed by atoms with Crippen molar-refractivity contribution in [3.63, 3.8) is 0 Å². The molecule has 0 spiro atoms. The second kappa shape index (κ2) is 7.54. The van der Waals surface area contributed by atoms with Gasteiger partial charge in [-0.05, 0) is 43.3 Å². The van der Waals surface area contributed by atoms with Gasteiger partial charge in [0.05, 0.1) is 5.69 Å². The molecule has 0 saturated carbocycles. The number of H-pyrrole nitrogens is 1. The SMILES string of the molecule is Cc1cc(C(F)F)n(-c2cc(N)[nH]c3c(ccn2)c(-c2ccc(F)cc2)nn3C)n1. The number of aryl methyl sites for hydroxylation is 2. The van der Waals surface area contributed by atoms with Crippen LogP contribution in [-0.4, -0.2) is 29.5 Å². The van der Waals surface area contributed by atoms with Gasteiger partial charge in [0.25, 0.3) is 6.43 Å². The Labute approximate surface area is 169 Å². The maximum atomic E-state index is 13.4. The van der Waals surface area contributed by atoms with Crippen molar-refractivity contribution >= 4 is 16.9 Å². The second-order valence-corrected chi connectivity index (χ2v) is 6.69. The zero-order valence-corrected chi connectivity index (χ0v) is 16.1. The van der Waals surface area contributed by atoms with Crippen LogP contribution >= 0.6 is 0 Å². The van der Waals surface area contributed by atoms with Gasteiger partial charge in [0.1, 0.15) is 28.7 Å². The van der Waals surface area contributed by atoms with Gasteiger partial charge in [-0.2, -0.15) is 10.2 Å². The molecule has 0 aliphatic heterocycles. The number of nitrogens with two attached hydrogens (primary N) is 1. The minimum atomic E-state index is -2.72. The summed E-state index contributed by atoms with van der Waals surface area (Å²) in [5.74, 6) is -0.0571. The molecule has 0 radical (unpaired) electrons. The first-order valence-corrected chi connectivity index (χ1v) is 9.00. The van der Waals surface area contributed by atoms with Gasteiger partial charge in [-0.25, -0.2) is 22.8 Å². The van der Waals surface area contributed by atoms with Crippen LogP contribution in [0.4, 0.5) is 19.0 Å². The number of hydrogen-bond donors (Lipinski definition) is 2. The number of fused-ring (bicyclic) bond motifs is 1. The molecule has 4 aromatic rings. The van der Waals surface area contributed by atoms with Crippen molar-refractivity contribution in [3.05, 3.63) is 65.9 Å². The van der Waals surface area contributed by atoms with E-state index in [0.717, 1.165) is 4.68 Å².